The Balaban J connectivity index is 1.62. The molecule has 2 aromatic heterocycles. The van der Waals surface area contributed by atoms with Crippen LogP contribution < -0.4 is 0 Å². The average Bonchev–Trinajstić information content (AvgIpc) is 3.16. The first-order valence-electron chi connectivity index (χ1n) is 9.19. The predicted octanol–water partition coefficient (Wildman–Crippen LogP) is 4.16. The van der Waals surface area contributed by atoms with E-state index in [-0.39, 0.29) is 12.5 Å². The highest BCUT2D eigenvalue weighted by atomic mass is 16.2. The van der Waals surface area contributed by atoms with Crippen molar-refractivity contribution in [2.45, 2.75) is 13.5 Å². The van der Waals surface area contributed by atoms with Gasteiger partial charge in [0.15, 0.2) is 0 Å². The lowest BCUT2D eigenvalue weighted by atomic mass is 9.98. The molecule has 28 heavy (non-hydrogen) atoms. The van der Waals surface area contributed by atoms with Gasteiger partial charge in [-0.05, 0) is 29.5 Å². The van der Waals surface area contributed by atoms with E-state index in [1.54, 1.807) is 29.9 Å². The molecule has 0 spiro atoms. The Morgan fingerprint density at radius 1 is 0.964 bits per heavy atom. The standard InChI is InChI=1S/C23H22N4O/c1-16-4-9-21-19(10-16)11-24-13-22(21)18-7-5-17(6-8-18)20-12-25-27(14-20)15-23(28)26(2)3/h4-14H,15H2,1-3H3. The first-order valence-corrected chi connectivity index (χ1v) is 9.19. The summed E-state index contributed by atoms with van der Waals surface area (Å²) in [6, 6.07) is 14.8. The molecule has 0 radical (unpaired) electrons. The van der Waals surface area contributed by atoms with E-state index in [2.05, 4.69) is 59.5 Å². The van der Waals surface area contributed by atoms with E-state index in [9.17, 15) is 4.79 Å². The van der Waals surface area contributed by atoms with Crippen molar-refractivity contribution in [2.75, 3.05) is 14.1 Å². The number of likely N-dealkylation sites (N-methyl/N-ethyl adjacent to an activating group) is 1. The van der Waals surface area contributed by atoms with Gasteiger partial charge in [-0.1, -0.05) is 42.0 Å². The van der Waals surface area contributed by atoms with Gasteiger partial charge in [0.05, 0.1) is 6.20 Å². The van der Waals surface area contributed by atoms with E-state index in [4.69, 9.17) is 0 Å². The summed E-state index contributed by atoms with van der Waals surface area (Å²) in [5.74, 6) is 0.0173. The van der Waals surface area contributed by atoms with Gasteiger partial charge in [0, 0.05) is 49.2 Å². The number of hydrogen-bond donors (Lipinski definition) is 0. The second-order valence-electron chi connectivity index (χ2n) is 7.20. The highest BCUT2D eigenvalue weighted by Crippen LogP contribution is 2.30. The molecule has 1 amide bonds. The number of rotatable bonds is 4. The quantitative estimate of drug-likeness (QED) is 0.542. The van der Waals surface area contributed by atoms with E-state index in [1.807, 2.05) is 18.6 Å². The largest absolute Gasteiger partial charge is 0.347 e. The summed E-state index contributed by atoms with van der Waals surface area (Å²) in [6.45, 7) is 2.33. The number of pyridine rings is 1. The third kappa shape index (κ3) is 3.51. The first-order chi connectivity index (χ1) is 13.5. The van der Waals surface area contributed by atoms with Crippen molar-refractivity contribution in [1.29, 1.82) is 0 Å². The number of fused-ring (bicyclic) bond motifs is 1. The van der Waals surface area contributed by atoms with Crippen LogP contribution in [0.25, 0.3) is 33.0 Å². The van der Waals surface area contributed by atoms with Crippen LogP contribution >= 0.6 is 0 Å². The lowest BCUT2D eigenvalue weighted by Crippen LogP contribution is -2.26. The van der Waals surface area contributed by atoms with Crippen molar-refractivity contribution in [3.05, 3.63) is 72.8 Å². The molecule has 4 rings (SSSR count). The highest BCUT2D eigenvalue weighted by Gasteiger charge is 2.09. The van der Waals surface area contributed by atoms with Crippen LogP contribution in [0.1, 0.15) is 5.56 Å². The second kappa shape index (κ2) is 7.27. The molecule has 5 heteroatoms. The second-order valence-corrected chi connectivity index (χ2v) is 7.20. The zero-order chi connectivity index (χ0) is 19.7. The smallest absolute Gasteiger partial charge is 0.243 e. The normalized spacial score (nSPS) is 11.0. The molecule has 4 aromatic rings. The summed E-state index contributed by atoms with van der Waals surface area (Å²) in [6.07, 6.45) is 7.51. The molecule has 0 atom stereocenters. The van der Waals surface area contributed by atoms with Gasteiger partial charge in [0.1, 0.15) is 6.54 Å². The Kier molecular flexibility index (Phi) is 4.65. The summed E-state index contributed by atoms with van der Waals surface area (Å²) in [5.41, 5.74) is 5.53. The van der Waals surface area contributed by atoms with Gasteiger partial charge in [-0.3, -0.25) is 14.5 Å². The number of benzene rings is 2. The summed E-state index contributed by atoms with van der Waals surface area (Å²) >= 11 is 0. The molecule has 0 aliphatic rings. The third-order valence-corrected chi connectivity index (χ3v) is 4.87. The molecule has 0 aliphatic carbocycles. The first kappa shape index (κ1) is 17.9. The average molecular weight is 370 g/mol. The molecule has 140 valence electrons. The van der Waals surface area contributed by atoms with Crippen molar-refractivity contribution < 1.29 is 4.79 Å². The summed E-state index contributed by atoms with van der Waals surface area (Å²) in [5, 5.41) is 6.65. The number of aryl methyl sites for hydroxylation is 1. The van der Waals surface area contributed by atoms with Crippen LogP contribution in [0.3, 0.4) is 0 Å². The fraction of sp³-hybridized carbons (Fsp3) is 0.174. The van der Waals surface area contributed by atoms with Crippen LogP contribution in [0.4, 0.5) is 0 Å². The Hall–Kier alpha value is -3.47. The van der Waals surface area contributed by atoms with E-state index in [0.29, 0.717) is 0 Å². The van der Waals surface area contributed by atoms with Crippen LogP contribution in [0.15, 0.2) is 67.3 Å². The molecule has 5 nitrogen and oxygen atoms in total. The van der Waals surface area contributed by atoms with E-state index < -0.39 is 0 Å². The van der Waals surface area contributed by atoms with Gasteiger partial charge in [-0.2, -0.15) is 5.10 Å². The molecular weight excluding hydrogens is 348 g/mol. The molecule has 0 saturated carbocycles. The van der Waals surface area contributed by atoms with Crippen LogP contribution in [0.5, 0.6) is 0 Å². The minimum atomic E-state index is 0.0173. The van der Waals surface area contributed by atoms with Gasteiger partial charge in [0.2, 0.25) is 5.91 Å². The zero-order valence-electron chi connectivity index (χ0n) is 16.3. The topological polar surface area (TPSA) is 51.0 Å². The monoisotopic (exact) mass is 370 g/mol. The summed E-state index contributed by atoms with van der Waals surface area (Å²) in [7, 11) is 3.49. The van der Waals surface area contributed by atoms with Crippen LogP contribution in [0, 0.1) is 6.92 Å². The Morgan fingerprint density at radius 3 is 2.46 bits per heavy atom. The zero-order valence-corrected chi connectivity index (χ0v) is 16.3. The summed E-state index contributed by atoms with van der Waals surface area (Å²) in [4.78, 5) is 17.8. The molecule has 0 fully saturated rings. The number of carbonyl (C=O) groups excluding carboxylic acids is 1. The maximum Gasteiger partial charge on any atom is 0.243 e. The van der Waals surface area contributed by atoms with Gasteiger partial charge in [-0.15, -0.1) is 0 Å². The molecule has 0 aliphatic heterocycles. The fourth-order valence-corrected chi connectivity index (χ4v) is 3.25. The van der Waals surface area contributed by atoms with Gasteiger partial charge < -0.3 is 4.90 Å². The molecule has 0 unspecified atom stereocenters. The maximum atomic E-state index is 11.8. The molecule has 0 N–H and O–H groups in total. The number of hydrogen-bond acceptors (Lipinski definition) is 3. The Bertz CT molecular complexity index is 1140. The number of amides is 1. The SMILES string of the molecule is Cc1ccc2c(-c3ccc(-c4cnn(CC(=O)N(C)C)c4)cc3)cncc2c1. The molecular formula is C23H22N4O. The van der Waals surface area contributed by atoms with Gasteiger partial charge in [0.25, 0.3) is 0 Å². The molecule has 2 heterocycles. The predicted molar refractivity (Wildman–Crippen MR) is 112 cm³/mol. The van der Waals surface area contributed by atoms with Gasteiger partial charge in [-0.25, -0.2) is 0 Å². The van der Waals surface area contributed by atoms with Crippen molar-refractivity contribution in [3.8, 4) is 22.3 Å². The minimum Gasteiger partial charge on any atom is -0.347 e. The number of aromatic nitrogens is 3. The molecule has 0 bridgehead atoms. The fourth-order valence-electron chi connectivity index (χ4n) is 3.25. The lowest BCUT2D eigenvalue weighted by molar-refractivity contribution is -0.129. The Morgan fingerprint density at radius 2 is 1.71 bits per heavy atom. The number of carbonyl (C=O) groups is 1. The minimum absolute atomic E-state index is 0.0173. The van der Waals surface area contributed by atoms with Crippen molar-refractivity contribution in [3.63, 3.8) is 0 Å². The van der Waals surface area contributed by atoms with Crippen molar-refractivity contribution >= 4 is 16.7 Å². The van der Waals surface area contributed by atoms with Crippen LogP contribution in [-0.4, -0.2) is 39.7 Å². The Labute approximate surface area is 164 Å². The molecule has 0 saturated heterocycles. The van der Waals surface area contributed by atoms with E-state index in [1.165, 1.54) is 10.9 Å². The highest BCUT2D eigenvalue weighted by molar-refractivity contribution is 5.96. The van der Waals surface area contributed by atoms with Crippen LogP contribution in [-0.2, 0) is 11.3 Å². The third-order valence-electron chi connectivity index (χ3n) is 4.87. The van der Waals surface area contributed by atoms with Crippen molar-refractivity contribution in [1.82, 2.24) is 19.7 Å². The maximum absolute atomic E-state index is 11.8. The molecule has 2 aromatic carbocycles. The lowest BCUT2D eigenvalue weighted by Gasteiger charge is -2.09. The van der Waals surface area contributed by atoms with Gasteiger partial charge >= 0.3 is 0 Å². The summed E-state index contributed by atoms with van der Waals surface area (Å²) < 4.78 is 1.67. The van der Waals surface area contributed by atoms with Crippen molar-refractivity contribution in [2.24, 2.45) is 0 Å². The van der Waals surface area contributed by atoms with E-state index >= 15 is 0 Å². The van der Waals surface area contributed by atoms with Crippen LogP contribution in [0.2, 0.25) is 0 Å². The number of nitrogens with zero attached hydrogens (tertiary/aromatic N) is 4. The van der Waals surface area contributed by atoms with E-state index in [0.717, 1.165) is 27.6 Å².